The smallest absolute Gasteiger partial charge is 0.0773 e. The van der Waals surface area contributed by atoms with Crippen LogP contribution in [0.2, 0.25) is 0 Å². The van der Waals surface area contributed by atoms with E-state index in [0.29, 0.717) is 19.6 Å². The van der Waals surface area contributed by atoms with Crippen LogP contribution in [-0.2, 0) is 4.74 Å². The first-order valence-corrected chi connectivity index (χ1v) is 4.18. The molecule has 3 nitrogen and oxygen atoms in total. The molecule has 0 fully saturated rings. The van der Waals surface area contributed by atoms with Gasteiger partial charge in [-0.2, -0.15) is 0 Å². The molecule has 0 radical (unpaired) electrons. The molecule has 0 aromatic carbocycles. The second kappa shape index (κ2) is 7.98. The van der Waals surface area contributed by atoms with Crippen LogP contribution in [0, 0.1) is 0 Å². The van der Waals surface area contributed by atoms with Gasteiger partial charge in [0.1, 0.15) is 0 Å². The number of hydrogen-bond acceptors (Lipinski definition) is 3. The maximum absolute atomic E-state index is 9.16. The van der Waals surface area contributed by atoms with Crippen molar-refractivity contribution in [2.75, 3.05) is 19.8 Å². The third-order valence-corrected chi connectivity index (χ3v) is 1.38. The van der Waals surface area contributed by atoms with Crippen molar-refractivity contribution in [2.24, 2.45) is 0 Å². The Morgan fingerprint density at radius 2 is 2.18 bits per heavy atom. The average Bonchev–Trinajstić information content (AvgIpc) is 1.99. The lowest BCUT2D eigenvalue weighted by Crippen LogP contribution is -2.15. The van der Waals surface area contributed by atoms with E-state index in [-0.39, 0.29) is 12.7 Å². The first-order chi connectivity index (χ1) is 5.31. The molecule has 0 aromatic heterocycles. The van der Waals surface area contributed by atoms with E-state index in [1.807, 2.05) is 6.92 Å². The van der Waals surface area contributed by atoms with Crippen LogP contribution in [-0.4, -0.2) is 36.1 Å². The lowest BCUT2D eigenvalue weighted by molar-refractivity contribution is 0.0271. The lowest BCUT2D eigenvalue weighted by atomic mass is 10.2. The van der Waals surface area contributed by atoms with Crippen LogP contribution in [0.25, 0.3) is 0 Å². The highest BCUT2D eigenvalue weighted by Crippen LogP contribution is 1.96. The number of aliphatic hydroxyl groups excluding tert-OH is 2. The van der Waals surface area contributed by atoms with E-state index >= 15 is 0 Å². The maximum atomic E-state index is 9.16. The van der Waals surface area contributed by atoms with Gasteiger partial charge in [0, 0.05) is 13.2 Å². The molecule has 0 saturated carbocycles. The third-order valence-electron chi connectivity index (χ3n) is 1.38. The molecule has 2 N–H and O–H groups in total. The van der Waals surface area contributed by atoms with Crippen molar-refractivity contribution in [3.63, 3.8) is 0 Å². The van der Waals surface area contributed by atoms with Crippen molar-refractivity contribution in [1.29, 1.82) is 0 Å². The summed E-state index contributed by atoms with van der Waals surface area (Å²) in [4.78, 5) is 0. The summed E-state index contributed by atoms with van der Waals surface area (Å²) in [5.74, 6) is 0. The molecule has 11 heavy (non-hydrogen) atoms. The van der Waals surface area contributed by atoms with Crippen LogP contribution in [0.5, 0.6) is 0 Å². The molecule has 0 spiro atoms. The van der Waals surface area contributed by atoms with Gasteiger partial charge in [0.05, 0.1) is 12.7 Å². The molecular weight excluding hydrogens is 144 g/mol. The monoisotopic (exact) mass is 162 g/mol. The van der Waals surface area contributed by atoms with Gasteiger partial charge in [0.2, 0.25) is 0 Å². The van der Waals surface area contributed by atoms with Gasteiger partial charge < -0.3 is 14.9 Å². The number of ether oxygens (including phenoxy) is 1. The van der Waals surface area contributed by atoms with Crippen molar-refractivity contribution in [1.82, 2.24) is 0 Å². The molecule has 68 valence electrons. The standard InChI is InChI=1S/C8H18O3/c1-2-4-8(10)7-11-6-3-5-9/h8-10H,2-7H2,1H3. The molecule has 3 heteroatoms. The van der Waals surface area contributed by atoms with Crippen LogP contribution in [0.15, 0.2) is 0 Å². The maximum Gasteiger partial charge on any atom is 0.0773 e. The zero-order valence-electron chi connectivity index (χ0n) is 7.12. The highest BCUT2D eigenvalue weighted by Gasteiger charge is 2.00. The van der Waals surface area contributed by atoms with Gasteiger partial charge >= 0.3 is 0 Å². The van der Waals surface area contributed by atoms with Gasteiger partial charge in [0.25, 0.3) is 0 Å². The minimum absolute atomic E-state index is 0.157. The van der Waals surface area contributed by atoms with E-state index < -0.39 is 0 Å². The van der Waals surface area contributed by atoms with Gasteiger partial charge in [-0.15, -0.1) is 0 Å². The molecule has 0 aliphatic heterocycles. The van der Waals surface area contributed by atoms with Gasteiger partial charge in [-0.05, 0) is 12.8 Å². The molecule has 0 aromatic rings. The summed E-state index contributed by atoms with van der Waals surface area (Å²) < 4.78 is 5.08. The van der Waals surface area contributed by atoms with Crippen molar-refractivity contribution >= 4 is 0 Å². The van der Waals surface area contributed by atoms with Crippen molar-refractivity contribution < 1.29 is 14.9 Å². The molecule has 1 atom stereocenters. The summed E-state index contributed by atoms with van der Waals surface area (Å²) in [6.45, 7) is 3.12. The van der Waals surface area contributed by atoms with Gasteiger partial charge in [-0.3, -0.25) is 0 Å². The van der Waals surface area contributed by atoms with Crippen LogP contribution >= 0.6 is 0 Å². The lowest BCUT2D eigenvalue weighted by Gasteiger charge is -2.08. The molecule has 1 unspecified atom stereocenters. The summed E-state index contributed by atoms with van der Waals surface area (Å²) in [5, 5.41) is 17.6. The van der Waals surface area contributed by atoms with Crippen molar-refractivity contribution in [3.8, 4) is 0 Å². The number of aliphatic hydroxyl groups is 2. The van der Waals surface area contributed by atoms with E-state index in [9.17, 15) is 0 Å². The SMILES string of the molecule is CCCC(O)COCCCO. The van der Waals surface area contributed by atoms with E-state index in [1.54, 1.807) is 0 Å². The second-order valence-electron chi connectivity index (χ2n) is 2.59. The Balaban J connectivity index is 2.97. The van der Waals surface area contributed by atoms with Crippen molar-refractivity contribution in [2.45, 2.75) is 32.3 Å². The largest absolute Gasteiger partial charge is 0.396 e. The Bertz CT molecular complexity index is 75.7. The molecule has 0 saturated heterocycles. The highest BCUT2D eigenvalue weighted by atomic mass is 16.5. The summed E-state index contributed by atoms with van der Waals surface area (Å²) in [6.07, 6.45) is 2.08. The molecule has 0 amide bonds. The van der Waals surface area contributed by atoms with Crippen LogP contribution in [0.3, 0.4) is 0 Å². The second-order valence-corrected chi connectivity index (χ2v) is 2.59. The Morgan fingerprint density at radius 1 is 1.45 bits per heavy atom. The van der Waals surface area contributed by atoms with E-state index in [2.05, 4.69) is 0 Å². The summed E-state index contributed by atoms with van der Waals surface area (Å²) in [6, 6.07) is 0. The Hall–Kier alpha value is -0.120. The molecule has 0 bridgehead atoms. The van der Waals surface area contributed by atoms with Gasteiger partial charge in [-0.25, -0.2) is 0 Å². The Kier molecular flexibility index (Phi) is 7.89. The van der Waals surface area contributed by atoms with Crippen LogP contribution in [0.1, 0.15) is 26.2 Å². The Morgan fingerprint density at radius 3 is 2.73 bits per heavy atom. The van der Waals surface area contributed by atoms with Gasteiger partial charge in [0.15, 0.2) is 0 Å². The highest BCUT2D eigenvalue weighted by molar-refractivity contribution is 4.51. The number of rotatable bonds is 7. The topological polar surface area (TPSA) is 49.7 Å². The van der Waals surface area contributed by atoms with Crippen LogP contribution in [0.4, 0.5) is 0 Å². The summed E-state index contributed by atoms with van der Waals surface area (Å²) in [7, 11) is 0. The molecule has 0 rings (SSSR count). The summed E-state index contributed by atoms with van der Waals surface area (Å²) in [5.41, 5.74) is 0. The van der Waals surface area contributed by atoms with Crippen LogP contribution < -0.4 is 0 Å². The average molecular weight is 162 g/mol. The summed E-state index contributed by atoms with van der Waals surface area (Å²) >= 11 is 0. The zero-order chi connectivity index (χ0) is 8.53. The fourth-order valence-electron chi connectivity index (χ4n) is 0.803. The molecule has 0 aliphatic carbocycles. The minimum Gasteiger partial charge on any atom is -0.396 e. The quantitative estimate of drug-likeness (QED) is 0.537. The van der Waals surface area contributed by atoms with Gasteiger partial charge in [-0.1, -0.05) is 13.3 Å². The Labute approximate surface area is 68.0 Å². The van der Waals surface area contributed by atoms with E-state index in [4.69, 9.17) is 14.9 Å². The predicted octanol–water partition coefficient (Wildman–Crippen LogP) is 0.546. The third kappa shape index (κ3) is 7.78. The first-order valence-electron chi connectivity index (χ1n) is 4.18. The normalized spacial score (nSPS) is 13.4. The van der Waals surface area contributed by atoms with Crippen molar-refractivity contribution in [3.05, 3.63) is 0 Å². The fourth-order valence-corrected chi connectivity index (χ4v) is 0.803. The molecule has 0 aliphatic rings. The predicted molar refractivity (Wildman–Crippen MR) is 43.4 cm³/mol. The van der Waals surface area contributed by atoms with E-state index in [0.717, 1.165) is 12.8 Å². The fraction of sp³-hybridized carbons (Fsp3) is 1.00. The number of hydrogen-bond donors (Lipinski definition) is 2. The first kappa shape index (κ1) is 10.9. The zero-order valence-corrected chi connectivity index (χ0v) is 7.12. The van der Waals surface area contributed by atoms with E-state index in [1.165, 1.54) is 0 Å². The molecule has 0 heterocycles. The minimum atomic E-state index is -0.335. The molecular formula is C8H18O3.